The van der Waals surface area contributed by atoms with Crippen LogP contribution in [0.2, 0.25) is 0 Å². The van der Waals surface area contributed by atoms with Crippen LogP contribution in [-0.2, 0) is 16.0 Å². The number of nitrogens with zero attached hydrogens (tertiary/aromatic N) is 2. The summed E-state index contributed by atoms with van der Waals surface area (Å²) in [4.78, 5) is 38.9. The van der Waals surface area contributed by atoms with Crippen LogP contribution in [0.5, 0.6) is 0 Å². The van der Waals surface area contributed by atoms with E-state index in [1.165, 1.54) is 0 Å². The quantitative estimate of drug-likeness (QED) is 0.753. The largest absolute Gasteiger partial charge is 0.342 e. The molecule has 0 aromatic heterocycles. The van der Waals surface area contributed by atoms with Gasteiger partial charge in [0, 0.05) is 44.1 Å². The van der Waals surface area contributed by atoms with Gasteiger partial charge in [-0.15, -0.1) is 0 Å². The van der Waals surface area contributed by atoms with Crippen molar-refractivity contribution in [2.24, 2.45) is 5.92 Å². The molecular weight excluding hydrogens is 268 g/mol. The zero-order chi connectivity index (χ0) is 14.8. The molecule has 5 heteroatoms. The van der Waals surface area contributed by atoms with Gasteiger partial charge >= 0.3 is 0 Å². The molecule has 1 fully saturated rings. The van der Waals surface area contributed by atoms with Crippen molar-refractivity contribution in [1.29, 1.82) is 0 Å². The fourth-order valence-electron chi connectivity index (χ4n) is 3.12. The first-order valence-electron chi connectivity index (χ1n) is 7.28. The lowest BCUT2D eigenvalue weighted by Gasteiger charge is -2.35. The molecule has 1 atom stereocenters. The Morgan fingerprint density at radius 1 is 1.10 bits per heavy atom. The maximum Gasteiger partial charge on any atom is 0.226 e. The summed E-state index contributed by atoms with van der Waals surface area (Å²) >= 11 is 0. The highest BCUT2D eigenvalue weighted by Crippen LogP contribution is 2.27. The predicted octanol–water partition coefficient (Wildman–Crippen LogP) is 0.732. The molecule has 1 aromatic carbocycles. The van der Waals surface area contributed by atoms with Crippen LogP contribution in [0, 0.1) is 5.92 Å². The van der Waals surface area contributed by atoms with Crippen molar-refractivity contribution >= 4 is 18.1 Å². The number of fused-ring (bicyclic) bond motifs is 1. The van der Waals surface area contributed by atoms with Gasteiger partial charge in [-0.05, 0) is 12.0 Å². The summed E-state index contributed by atoms with van der Waals surface area (Å²) in [7, 11) is 0. The monoisotopic (exact) mass is 286 g/mol. The number of hydrogen-bond donors (Lipinski definition) is 0. The lowest BCUT2D eigenvalue weighted by atomic mass is 9.82. The van der Waals surface area contributed by atoms with E-state index in [4.69, 9.17) is 0 Å². The molecule has 0 spiro atoms. The second-order valence-electron chi connectivity index (χ2n) is 5.65. The number of carbonyl (C=O) groups excluding carboxylic acids is 3. The highest BCUT2D eigenvalue weighted by Gasteiger charge is 2.33. The molecule has 0 saturated carbocycles. The number of piperazine rings is 1. The van der Waals surface area contributed by atoms with Crippen molar-refractivity contribution < 1.29 is 14.4 Å². The number of amides is 2. The number of hydrogen-bond acceptors (Lipinski definition) is 3. The zero-order valence-corrected chi connectivity index (χ0v) is 11.8. The van der Waals surface area contributed by atoms with E-state index >= 15 is 0 Å². The van der Waals surface area contributed by atoms with Crippen molar-refractivity contribution in [3.63, 3.8) is 0 Å². The Kier molecular flexibility index (Phi) is 3.73. The maximum atomic E-state index is 12.6. The molecule has 1 aliphatic carbocycles. The smallest absolute Gasteiger partial charge is 0.226 e. The Balaban J connectivity index is 1.70. The van der Waals surface area contributed by atoms with Gasteiger partial charge in [-0.25, -0.2) is 0 Å². The van der Waals surface area contributed by atoms with E-state index < -0.39 is 0 Å². The Morgan fingerprint density at radius 3 is 2.52 bits per heavy atom. The van der Waals surface area contributed by atoms with Gasteiger partial charge in [0.25, 0.3) is 0 Å². The van der Waals surface area contributed by atoms with Crippen LogP contribution >= 0.6 is 0 Å². The third kappa shape index (κ3) is 2.68. The molecule has 1 heterocycles. The first-order valence-corrected chi connectivity index (χ1v) is 7.28. The number of benzene rings is 1. The topological polar surface area (TPSA) is 57.7 Å². The van der Waals surface area contributed by atoms with Crippen LogP contribution in [0.3, 0.4) is 0 Å². The first-order chi connectivity index (χ1) is 10.2. The van der Waals surface area contributed by atoms with Crippen LogP contribution in [0.25, 0.3) is 0 Å². The number of ketones is 1. The van der Waals surface area contributed by atoms with Gasteiger partial charge in [0.2, 0.25) is 12.3 Å². The van der Waals surface area contributed by atoms with Gasteiger partial charge in [0.15, 0.2) is 5.78 Å². The van der Waals surface area contributed by atoms with Crippen LogP contribution in [0.4, 0.5) is 0 Å². The highest BCUT2D eigenvalue weighted by atomic mass is 16.2. The van der Waals surface area contributed by atoms with E-state index in [1.54, 1.807) is 9.80 Å². The summed E-state index contributed by atoms with van der Waals surface area (Å²) in [6.07, 6.45) is 1.75. The van der Waals surface area contributed by atoms with E-state index in [2.05, 4.69) is 0 Å². The molecule has 1 unspecified atom stereocenters. The standard InChI is InChI=1S/C16H18N2O3/c19-11-17-5-7-18(8-6-17)16(21)13-9-12-3-1-2-4-14(12)15(20)10-13/h1-4,11,13H,5-10H2. The molecular formula is C16H18N2O3. The van der Waals surface area contributed by atoms with Crippen LogP contribution < -0.4 is 0 Å². The minimum absolute atomic E-state index is 0.0448. The van der Waals surface area contributed by atoms with Gasteiger partial charge in [-0.2, -0.15) is 0 Å². The first kappa shape index (κ1) is 13.8. The summed E-state index contributed by atoms with van der Waals surface area (Å²) < 4.78 is 0. The number of rotatable bonds is 2. The van der Waals surface area contributed by atoms with E-state index in [9.17, 15) is 14.4 Å². The second kappa shape index (κ2) is 5.68. The summed E-state index contributed by atoms with van der Waals surface area (Å²) in [6, 6.07) is 7.53. The van der Waals surface area contributed by atoms with Gasteiger partial charge in [0.05, 0.1) is 0 Å². The lowest BCUT2D eigenvalue weighted by molar-refractivity contribution is -0.139. The molecule has 0 radical (unpaired) electrons. The number of Topliss-reactive ketones (excluding diaryl/α,β-unsaturated/α-hetero) is 1. The summed E-state index contributed by atoms with van der Waals surface area (Å²) in [5.41, 5.74) is 1.73. The average molecular weight is 286 g/mol. The fourth-order valence-corrected chi connectivity index (χ4v) is 3.12. The normalized spacial score (nSPS) is 21.9. The Labute approximate surface area is 123 Å². The minimum atomic E-state index is -0.254. The molecule has 2 aliphatic rings. The summed E-state index contributed by atoms with van der Waals surface area (Å²) in [6.45, 7) is 2.27. The molecule has 21 heavy (non-hydrogen) atoms. The molecule has 3 rings (SSSR count). The van der Waals surface area contributed by atoms with E-state index in [1.807, 2.05) is 24.3 Å². The van der Waals surface area contributed by atoms with Crippen LogP contribution in [0.15, 0.2) is 24.3 Å². The SMILES string of the molecule is O=CN1CCN(C(=O)C2CC(=O)c3ccccc3C2)CC1. The minimum Gasteiger partial charge on any atom is -0.342 e. The fraction of sp³-hybridized carbons (Fsp3) is 0.438. The van der Waals surface area contributed by atoms with Crippen molar-refractivity contribution in [2.45, 2.75) is 12.8 Å². The van der Waals surface area contributed by atoms with Crippen molar-refractivity contribution in [1.82, 2.24) is 9.80 Å². The van der Waals surface area contributed by atoms with Crippen molar-refractivity contribution in [3.05, 3.63) is 35.4 Å². The Morgan fingerprint density at radius 2 is 1.81 bits per heavy atom. The molecule has 1 aromatic rings. The predicted molar refractivity (Wildman–Crippen MR) is 76.8 cm³/mol. The summed E-state index contributed by atoms with van der Waals surface area (Å²) in [5, 5.41) is 0. The molecule has 0 N–H and O–H groups in total. The van der Waals surface area contributed by atoms with Gasteiger partial charge < -0.3 is 9.80 Å². The third-order valence-corrected chi connectivity index (χ3v) is 4.34. The van der Waals surface area contributed by atoms with E-state index in [-0.39, 0.29) is 17.6 Å². The maximum absolute atomic E-state index is 12.6. The van der Waals surface area contributed by atoms with Gasteiger partial charge in [-0.3, -0.25) is 14.4 Å². The van der Waals surface area contributed by atoms with Crippen molar-refractivity contribution in [2.75, 3.05) is 26.2 Å². The van der Waals surface area contributed by atoms with E-state index in [0.29, 0.717) is 39.0 Å². The third-order valence-electron chi connectivity index (χ3n) is 4.34. The molecule has 110 valence electrons. The Hall–Kier alpha value is -2.17. The van der Waals surface area contributed by atoms with Gasteiger partial charge in [-0.1, -0.05) is 24.3 Å². The lowest BCUT2D eigenvalue weighted by Crippen LogP contribution is -2.50. The van der Waals surface area contributed by atoms with E-state index in [0.717, 1.165) is 17.5 Å². The van der Waals surface area contributed by atoms with Crippen LogP contribution in [-0.4, -0.2) is 54.1 Å². The molecule has 1 aliphatic heterocycles. The number of carbonyl (C=O) groups is 3. The zero-order valence-electron chi connectivity index (χ0n) is 11.8. The van der Waals surface area contributed by atoms with Crippen LogP contribution in [0.1, 0.15) is 22.3 Å². The van der Waals surface area contributed by atoms with Gasteiger partial charge in [0.1, 0.15) is 0 Å². The molecule has 0 bridgehead atoms. The molecule has 5 nitrogen and oxygen atoms in total. The highest BCUT2D eigenvalue weighted by molar-refractivity contribution is 6.01. The molecule has 1 saturated heterocycles. The average Bonchev–Trinajstić information content (AvgIpc) is 2.54. The van der Waals surface area contributed by atoms with Crippen molar-refractivity contribution in [3.8, 4) is 0 Å². The summed E-state index contributed by atoms with van der Waals surface area (Å²) in [5.74, 6) is -0.152. The second-order valence-corrected chi connectivity index (χ2v) is 5.65. The molecule has 2 amide bonds. The Bertz CT molecular complexity index is 577.